The molecule has 5 nitrogen and oxygen atoms in total. The van der Waals surface area contributed by atoms with Crippen LogP contribution in [0.25, 0.3) is 0 Å². The fourth-order valence-corrected chi connectivity index (χ4v) is 1.53. The van der Waals surface area contributed by atoms with Gasteiger partial charge in [-0.15, -0.1) is 0 Å². The largest absolute Gasteiger partial charge is 0.394 e. The smallest absolute Gasteiger partial charge is 0.254 e. The van der Waals surface area contributed by atoms with Gasteiger partial charge in [-0.05, 0) is 44.5 Å². The maximum Gasteiger partial charge on any atom is 0.254 e. The first-order chi connectivity index (χ1) is 8.33. The second-order valence-electron chi connectivity index (χ2n) is 5.01. The number of carbonyl (C=O) groups is 1. The summed E-state index contributed by atoms with van der Waals surface area (Å²) in [6.45, 7) is 5.42. The quantitative estimate of drug-likeness (QED) is 0.553. The van der Waals surface area contributed by atoms with Crippen molar-refractivity contribution >= 4 is 11.6 Å². The van der Waals surface area contributed by atoms with Crippen LogP contribution in [0.2, 0.25) is 0 Å². The van der Waals surface area contributed by atoms with E-state index in [9.17, 15) is 9.90 Å². The number of nitrogens with two attached hydrogens (primary N) is 1. The van der Waals surface area contributed by atoms with Crippen LogP contribution in [-0.2, 0) is 0 Å². The average Bonchev–Trinajstić information content (AvgIpc) is 2.36. The summed E-state index contributed by atoms with van der Waals surface area (Å²) in [6, 6.07) is 5.26. The number of carbonyl (C=O) groups excluding carboxylic acids is 1. The number of hydrazine groups is 1. The van der Waals surface area contributed by atoms with Crippen molar-refractivity contribution in [3.05, 3.63) is 29.3 Å². The second kappa shape index (κ2) is 5.37. The number of anilines is 1. The van der Waals surface area contributed by atoms with Gasteiger partial charge in [-0.2, -0.15) is 0 Å². The normalized spacial score (nSPS) is 11.2. The third-order valence-electron chi connectivity index (χ3n) is 3.23. The Kier molecular flexibility index (Phi) is 4.32. The van der Waals surface area contributed by atoms with Crippen LogP contribution in [0.5, 0.6) is 0 Å². The van der Waals surface area contributed by atoms with E-state index in [4.69, 9.17) is 5.84 Å². The maximum atomic E-state index is 12.3. The minimum Gasteiger partial charge on any atom is -0.394 e. The van der Waals surface area contributed by atoms with E-state index in [2.05, 4.69) is 5.43 Å². The van der Waals surface area contributed by atoms with Gasteiger partial charge in [0.25, 0.3) is 5.91 Å². The summed E-state index contributed by atoms with van der Waals surface area (Å²) in [5.41, 5.74) is 4.25. The Labute approximate surface area is 108 Å². The van der Waals surface area contributed by atoms with E-state index in [1.54, 1.807) is 25.2 Å². The van der Waals surface area contributed by atoms with E-state index in [-0.39, 0.29) is 12.5 Å². The highest BCUT2D eigenvalue weighted by Crippen LogP contribution is 2.19. The molecule has 0 saturated carbocycles. The van der Waals surface area contributed by atoms with Gasteiger partial charge in [0.05, 0.1) is 17.8 Å². The minimum absolute atomic E-state index is 0.0866. The number of nitrogens with zero attached hydrogens (tertiary/aromatic N) is 1. The predicted molar refractivity (Wildman–Crippen MR) is 72.2 cm³/mol. The Morgan fingerprint density at radius 3 is 2.56 bits per heavy atom. The molecule has 0 aliphatic carbocycles. The highest BCUT2D eigenvalue weighted by Gasteiger charge is 2.27. The number of nitrogens with one attached hydrogen (secondary N) is 1. The van der Waals surface area contributed by atoms with Gasteiger partial charge in [-0.1, -0.05) is 0 Å². The molecule has 0 radical (unpaired) electrons. The van der Waals surface area contributed by atoms with Gasteiger partial charge < -0.3 is 15.4 Å². The van der Waals surface area contributed by atoms with E-state index in [1.165, 1.54) is 4.90 Å². The summed E-state index contributed by atoms with van der Waals surface area (Å²) in [5, 5.41) is 9.28. The van der Waals surface area contributed by atoms with Gasteiger partial charge in [-0.3, -0.25) is 10.6 Å². The zero-order valence-electron chi connectivity index (χ0n) is 11.3. The number of aliphatic hydroxyl groups excluding tert-OH is 1. The van der Waals surface area contributed by atoms with Gasteiger partial charge in [-0.25, -0.2) is 0 Å². The molecular weight excluding hydrogens is 230 g/mol. The van der Waals surface area contributed by atoms with Crippen molar-refractivity contribution in [2.45, 2.75) is 26.3 Å². The van der Waals surface area contributed by atoms with Gasteiger partial charge in [0.1, 0.15) is 0 Å². The van der Waals surface area contributed by atoms with Gasteiger partial charge in [0.15, 0.2) is 0 Å². The first-order valence-corrected chi connectivity index (χ1v) is 5.80. The lowest BCUT2D eigenvalue weighted by Gasteiger charge is -2.34. The van der Waals surface area contributed by atoms with Crippen molar-refractivity contribution in [1.29, 1.82) is 0 Å². The number of likely N-dealkylation sites (N-methyl/N-ethyl adjacent to an activating group) is 1. The maximum absolute atomic E-state index is 12.3. The first-order valence-electron chi connectivity index (χ1n) is 5.80. The van der Waals surface area contributed by atoms with Crippen LogP contribution in [0.1, 0.15) is 29.8 Å². The summed E-state index contributed by atoms with van der Waals surface area (Å²) in [7, 11) is 1.68. The summed E-state index contributed by atoms with van der Waals surface area (Å²) < 4.78 is 0. The molecule has 0 heterocycles. The number of benzene rings is 1. The fraction of sp³-hybridized carbons (Fsp3) is 0.462. The zero-order valence-corrected chi connectivity index (χ0v) is 11.3. The lowest BCUT2D eigenvalue weighted by atomic mass is 10.0. The number of rotatable bonds is 4. The number of nitrogen functional groups attached to an aromatic ring is 1. The Morgan fingerprint density at radius 2 is 2.11 bits per heavy atom. The van der Waals surface area contributed by atoms with Crippen LogP contribution in [0, 0.1) is 6.92 Å². The third-order valence-corrected chi connectivity index (χ3v) is 3.23. The highest BCUT2D eigenvalue weighted by molar-refractivity contribution is 5.95. The van der Waals surface area contributed by atoms with Crippen molar-refractivity contribution in [3.63, 3.8) is 0 Å². The number of aryl methyl sites for hydroxylation is 1. The van der Waals surface area contributed by atoms with E-state index < -0.39 is 5.54 Å². The molecule has 0 atom stereocenters. The number of hydrogen-bond acceptors (Lipinski definition) is 4. The summed E-state index contributed by atoms with van der Waals surface area (Å²) >= 11 is 0. The van der Waals surface area contributed by atoms with Crippen LogP contribution in [0.15, 0.2) is 18.2 Å². The molecule has 18 heavy (non-hydrogen) atoms. The lowest BCUT2D eigenvalue weighted by Crippen LogP contribution is -2.47. The van der Waals surface area contributed by atoms with Crippen LogP contribution in [0.3, 0.4) is 0 Å². The minimum atomic E-state index is -0.588. The van der Waals surface area contributed by atoms with Crippen LogP contribution < -0.4 is 11.3 Å². The van der Waals surface area contributed by atoms with Crippen molar-refractivity contribution in [2.75, 3.05) is 19.1 Å². The molecule has 1 amide bonds. The molecule has 0 aromatic heterocycles. The van der Waals surface area contributed by atoms with Gasteiger partial charge in [0.2, 0.25) is 0 Å². The van der Waals surface area contributed by atoms with E-state index in [0.717, 1.165) is 11.3 Å². The summed E-state index contributed by atoms with van der Waals surface area (Å²) in [6.07, 6.45) is 0. The third kappa shape index (κ3) is 2.80. The van der Waals surface area contributed by atoms with E-state index in [0.29, 0.717) is 5.56 Å². The predicted octanol–water partition coefficient (Wildman–Crippen LogP) is 1.12. The molecule has 0 bridgehead atoms. The van der Waals surface area contributed by atoms with Crippen molar-refractivity contribution < 1.29 is 9.90 Å². The Hall–Kier alpha value is -1.59. The zero-order chi connectivity index (χ0) is 13.9. The van der Waals surface area contributed by atoms with Crippen molar-refractivity contribution in [1.82, 2.24) is 4.90 Å². The average molecular weight is 251 g/mol. The van der Waals surface area contributed by atoms with Gasteiger partial charge in [0, 0.05) is 12.6 Å². The lowest BCUT2D eigenvalue weighted by molar-refractivity contribution is 0.0473. The molecule has 0 aliphatic heterocycles. The molecule has 0 spiro atoms. The SMILES string of the molecule is Cc1cc(C(=O)N(C)C(C)(C)CO)ccc1NN. The topological polar surface area (TPSA) is 78.6 Å². The molecule has 4 N–H and O–H groups in total. The first kappa shape index (κ1) is 14.5. The Bertz CT molecular complexity index is 444. The molecule has 1 aromatic rings. The summed E-state index contributed by atoms with van der Waals surface area (Å²) in [5.74, 6) is 5.22. The number of hydrogen-bond donors (Lipinski definition) is 3. The highest BCUT2D eigenvalue weighted by atomic mass is 16.3. The Balaban J connectivity index is 3.01. The van der Waals surface area contributed by atoms with Crippen molar-refractivity contribution in [3.8, 4) is 0 Å². The second-order valence-corrected chi connectivity index (χ2v) is 5.01. The summed E-state index contributed by atoms with van der Waals surface area (Å²) in [4.78, 5) is 13.8. The molecule has 0 saturated heterocycles. The molecule has 0 fully saturated rings. The number of amides is 1. The van der Waals surface area contributed by atoms with Crippen molar-refractivity contribution in [2.24, 2.45) is 5.84 Å². The van der Waals surface area contributed by atoms with E-state index >= 15 is 0 Å². The van der Waals surface area contributed by atoms with Gasteiger partial charge >= 0.3 is 0 Å². The Morgan fingerprint density at radius 1 is 1.50 bits per heavy atom. The fourth-order valence-electron chi connectivity index (χ4n) is 1.53. The molecule has 1 aromatic carbocycles. The monoisotopic (exact) mass is 251 g/mol. The molecule has 0 unspecified atom stereocenters. The number of aliphatic hydroxyl groups is 1. The molecule has 5 heteroatoms. The molecular formula is C13H21N3O2. The molecule has 100 valence electrons. The van der Waals surface area contributed by atoms with Crippen LogP contribution in [-0.4, -0.2) is 35.1 Å². The van der Waals surface area contributed by atoms with E-state index in [1.807, 2.05) is 20.8 Å². The molecule has 0 aliphatic rings. The van der Waals surface area contributed by atoms with Crippen LogP contribution >= 0.6 is 0 Å². The molecule has 1 rings (SSSR count). The van der Waals surface area contributed by atoms with Crippen LogP contribution in [0.4, 0.5) is 5.69 Å². The standard InChI is InChI=1S/C13H21N3O2/c1-9-7-10(5-6-11(9)15-14)12(18)16(4)13(2,3)8-17/h5-7,15,17H,8,14H2,1-4H3.